The van der Waals surface area contributed by atoms with Crippen molar-refractivity contribution in [1.82, 2.24) is 4.90 Å². The number of rotatable bonds is 4. The molecule has 102 valence electrons. The lowest BCUT2D eigenvalue weighted by molar-refractivity contribution is -0.227. The summed E-state index contributed by atoms with van der Waals surface area (Å²) in [5.74, 6) is -2.39. The van der Waals surface area contributed by atoms with Crippen molar-refractivity contribution < 1.29 is 27.9 Å². The van der Waals surface area contributed by atoms with E-state index in [0.717, 1.165) is 4.90 Å². The molecule has 7 heteroatoms. The van der Waals surface area contributed by atoms with Crippen molar-refractivity contribution in [3.8, 4) is 0 Å². The van der Waals surface area contributed by atoms with Crippen molar-refractivity contribution in [3.63, 3.8) is 0 Å². The zero-order valence-corrected chi connectivity index (χ0v) is 9.66. The van der Waals surface area contributed by atoms with E-state index in [0.29, 0.717) is 6.42 Å². The van der Waals surface area contributed by atoms with E-state index in [2.05, 4.69) is 6.58 Å². The quantitative estimate of drug-likeness (QED) is 0.789. The fourth-order valence-corrected chi connectivity index (χ4v) is 1.93. The number of carboxylic acid groups (broad SMARTS) is 1. The van der Waals surface area contributed by atoms with E-state index in [1.807, 2.05) is 0 Å². The highest BCUT2D eigenvalue weighted by molar-refractivity contribution is 5.81. The van der Waals surface area contributed by atoms with Gasteiger partial charge in [0.1, 0.15) is 0 Å². The molecule has 1 fully saturated rings. The maximum atomic E-state index is 12.8. The number of allylic oxidation sites excluding steroid dienone is 1. The monoisotopic (exact) mass is 265 g/mol. The Hall–Kier alpha value is -1.53. The van der Waals surface area contributed by atoms with Crippen LogP contribution in [0.3, 0.4) is 0 Å². The number of likely N-dealkylation sites (tertiary alicyclic amines) is 1. The maximum absolute atomic E-state index is 12.8. The van der Waals surface area contributed by atoms with Gasteiger partial charge in [-0.1, -0.05) is 6.08 Å². The highest BCUT2D eigenvalue weighted by Gasteiger charge is 2.64. The molecule has 1 aliphatic rings. The molecule has 1 atom stereocenters. The van der Waals surface area contributed by atoms with E-state index >= 15 is 0 Å². The summed E-state index contributed by atoms with van der Waals surface area (Å²) in [6, 6.07) is 0. The Morgan fingerprint density at radius 3 is 2.44 bits per heavy atom. The third-order valence-corrected chi connectivity index (χ3v) is 3.14. The normalized spacial score (nSPS) is 24.1. The van der Waals surface area contributed by atoms with E-state index in [1.54, 1.807) is 0 Å². The van der Waals surface area contributed by atoms with Crippen LogP contribution in [0.2, 0.25) is 0 Å². The van der Waals surface area contributed by atoms with Gasteiger partial charge in [0, 0.05) is 19.5 Å². The molecule has 1 heterocycles. The molecule has 1 saturated heterocycles. The summed E-state index contributed by atoms with van der Waals surface area (Å²) in [5.41, 5.74) is -2.82. The van der Waals surface area contributed by atoms with Crippen LogP contribution in [0.15, 0.2) is 12.7 Å². The summed E-state index contributed by atoms with van der Waals surface area (Å²) in [6.07, 6.45) is -3.54. The second-order valence-corrected chi connectivity index (χ2v) is 4.28. The first-order valence-electron chi connectivity index (χ1n) is 5.43. The molecule has 1 aliphatic heterocycles. The van der Waals surface area contributed by atoms with Crippen LogP contribution in [0.25, 0.3) is 0 Å². The zero-order valence-electron chi connectivity index (χ0n) is 9.66. The molecule has 18 heavy (non-hydrogen) atoms. The minimum Gasteiger partial charge on any atom is -0.481 e. The van der Waals surface area contributed by atoms with Gasteiger partial charge in [0.2, 0.25) is 5.91 Å². The van der Waals surface area contributed by atoms with E-state index in [1.165, 1.54) is 6.08 Å². The van der Waals surface area contributed by atoms with Crippen LogP contribution in [-0.2, 0) is 9.59 Å². The van der Waals surface area contributed by atoms with Crippen LogP contribution in [0.5, 0.6) is 0 Å². The molecule has 1 amide bonds. The van der Waals surface area contributed by atoms with Crippen LogP contribution in [-0.4, -0.2) is 41.1 Å². The lowest BCUT2D eigenvalue weighted by atomic mass is 9.86. The Bertz CT molecular complexity index is 367. The number of amides is 1. The van der Waals surface area contributed by atoms with Crippen molar-refractivity contribution in [2.24, 2.45) is 5.41 Å². The summed E-state index contributed by atoms with van der Waals surface area (Å²) in [6.45, 7) is 2.43. The number of hydrogen-bond donors (Lipinski definition) is 1. The Morgan fingerprint density at radius 1 is 1.44 bits per heavy atom. The Balaban J connectivity index is 2.81. The first kappa shape index (κ1) is 14.5. The van der Waals surface area contributed by atoms with Crippen LogP contribution in [0.4, 0.5) is 13.2 Å². The Morgan fingerprint density at radius 2 is 2.06 bits per heavy atom. The number of carbonyl (C=O) groups excluding carboxylic acids is 1. The molecule has 0 bridgehead atoms. The lowest BCUT2D eigenvalue weighted by Crippen LogP contribution is -2.47. The molecule has 0 spiro atoms. The van der Waals surface area contributed by atoms with Crippen LogP contribution >= 0.6 is 0 Å². The average Bonchev–Trinajstić information content (AvgIpc) is 2.71. The van der Waals surface area contributed by atoms with Gasteiger partial charge in [-0.3, -0.25) is 9.59 Å². The van der Waals surface area contributed by atoms with Gasteiger partial charge in [0.25, 0.3) is 0 Å². The van der Waals surface area contributed by atoms with Gasteiger partial charge in [0.15, 0.2) is 5.41 Å². The largest absolute Gasteiger partial charge is 0.481 e. The second-order valence-electron chi connectivity index (χ2n) is 4.28. The van der Waals surface area contributed by atoms with E-state index in [9.17, 15) is 22.8 Å². The number of hydrogen-bond acceptors (Lipinski definition) is 2. The SMILES string of the molecule is C=CCCC(=O)N1CCC(C(=O)O)(C(F)(F)F)C1. The first-order valence-corrected chi connectivity index (χ1v) is 5.43. The van der Waals surface area contributed by atoms with E-state index < -0.39 is 36.4 Å². The second kappa shape index (κ2) is 4.99. The molecule has 1 rings (SSSR count). The van der Waals surface area contributed by atoms with Gasteiger partial charge in [-0.2, -0.15) is 13.2 Å². The average molecular weight is 265 g/mol. The Labute approximate surface area is 102 Å². The van der Waals surface area contributed by atoms with Crippen LogP contribution in [0.1, 0.15) is 19.3 Å². The minimum absolute atomic E-state index is 0.0526. The predicted molar refractivity (Wildman–Crippen MR) is 56.8 cm³/mol. The van der Waals surface area contributed by atoms with Gasteiger partial charge in [-0.05, 0) is 12.8 Å². The van der Waals surface area contributed by atoms with Crippen LogP contribution in [0, 0.1) is 5.41 Å². The summed E-state index contributed by atoms with van der Waals surface area (Å²) in [5, 5.41) is 8.80. The molecular weight excluding hydrogens is 251 g/mol. The van der Waals surface area contributed by atoms with E-state index in [4.69, 9.17) is 5.11 Å². The molecule has 0 radical (unpaired) electrons. The van der Waals surface area contributed by atoms with Gasteiger partial charge in [-0.15, -0.1) is 6.58 Å². The number of halogens is 3. The molecule has 0 aliphatic carbocycles. The summed E-state index contributed by atoms with van der Waals surface area (Å²) in [7, 11) is 0. The molecular formula is C11H14F3NO3. The van der Waals surface area contributed by atoms with Gasteiger partial charge in [-0.25, -0.2) is 0 Å². The summed E-state index contributed by atoms with van der Waals surface area (Å²) in [4.78, 5) is 23.4. The number of alkyl halides is 3. The number of carbonyl (C=O) groups is 2. The lowest BCUT2D eigenvalue weighted by Gasteiger charge is -2.27. The zero-order chi connectivity index (χ0) is 14.0. The minimum atomic E-state index is -4.85. The summed E-state index contributed by atoms with van der Waals surface area (Å²) >= 11 is 0. The first-order chi connectivity index (χ1) is 8.24. The maximum Gasteiger partial charge on any atom is 0.406 e. The third kappa shape index (κ3) is 2.49. The molecule has 0 saturated carbocycles. The highest BCUT2D eigenvalue weighted by atomic mass is 19.4. The number of nitrogens with zero attached hydrogens (tertiary/aromatic N) is 1. The van der Waals surface area contributed by atoms with Crippen molar-refractivity contribution >= 4 is 11.9 Å². The Kier molecular flexibility index (Phi) is 4.03. The molecule has 0 aromatic rings. The number of carboxylic acids is 1. The fraction of sp³-hybridized carbons (Fsp3) is 0.636. The third-order valence-electron chi connectivity index (χ3n) is 3.14. The van der Waals surface area contributed by atoms with Crippen molar-refractivity contribution in [3.05, 3.63) is 12.7 Å². The highest BCUT2D eigenvalue weighted by Crippen LogP contribution is 2.45. The van der Waals surface area contributed by atoms with E-state index in [-0.39, 0.29) is 13.0 Å². The van der Waals surface area contributed by atoms with Crippen molar-refractivity contribution in [2.75, 3.05) is 13.1 Å². The fourth-order valence-electron chi connectivity index (χ4n) is 1.93. The molecule has 0 aromatic heterocycles. The topological polar surface area (TPSA) is 57.6 Å². The summed E-state index contributed by atoms with van der Waals surface area (Å²) < 4.78 is 38.5. The van der Waals surface area contributed by atoms with Crippen LogP contribution < -0.4 is 0 Å². The standard InChI is InChI=1S/C11H14F3NO3/c1-2-3-4-8(16)15-6-5-10(7-15,9(17)18)11(12,13)14/h2H,1,3-7H2,(H,17,18). The van der Waals surface area contributed by atoms with Crippen molar-refractivity contribution in [2.45, 2.75) is 25.4 Å². The molecule has 1 unspecified atom stereocenters. The smallest absolute Gasteiger partial charge is 0.406 e. The molecule has 1 N–H and O–H groups in total. The molecule has 0 aromatic carbocycles. The predicted octanol–water partition coefficient (Wildman–Crippen LogP) is 1.82. The molecule has 4 nitrogen and oxygen atoms in total. The van der Waals surface area contributed by atoms with Crippen molar-refractivity contribution in [1.29, 1.82) is 0 Å². The van der Waals surface area contributed by atoms with Gasteiger partial charge < -0.3 is 10.0 Å². The van der Waals surface area contributed by atoms with Gasteiger partial charge in [0.05, 0.1) is 0 Å². The van der Waals surface area contributed by atoms with Gasteiger partial charge >= 0.3 is 12.1 Å². The number of aliphatic carboxylic acids is 1.